The molecule has 0 unspecified atom stereocenters. The number of sulfonamides is 1. The Morgan fingerprint density at radius 1 is 1.19 bits per heavy atom. The summed E-state index contributed by atoms with van der Waals surface area (Å²) in [6.45, 7) is 1.71. The van der Waals surface area contributed by atoms with Gasteiger partial charge in [0, 0.05) is 19.7 Å². The third-order valence-corrected chi connectivity index (χ3v) is 6.20. The van der Waals surface area contributed by atoms with E-state index < -0.39 is 10.0 Å². The number of carbonyl (C=O) groups excluding carboxylic acids is 1. The van der Waals surface area contributed by atoms with E-state index in [-0.39, 0.29) is 10.8 Å². The number of carbonyl (C=O) groups is 1. The van der Waals surface area contributed by atoms with Gasteiger partial charge < -0.3 is 9.84 Å². The van der Waals surface area contributed by atoms with Crippen LogP contribution in [-0.2, 0) is 10.0 Å². The number of hydrogen-bond donors (Lipinski definition) is 1. The van der Waals surface area contributed by atoms with E-state index in [1.807, 2.05) is 0 Å². The Hall–Kier alpha value is -2.56. The average Bonchev–Trinajstić information content (AvgIpc) is 3.23. The number of aryl methyl sites for hydroxylation is 1. The van der Waals surface area contributed by atoms with Crippen LogP contribution in [0.4, 0.5) is 5.00 Å². The van der Waals surface area contributed by atoms with Crippen molar-refractivity contribution in [3.63, 3.8) is 0 Å². The molecule has 26 heavy (non-hydrogen) atoms. The van der Waals surface area contributed by atoms with Crippen molar-refractivity contribution in [1.82, 2.24) is 14.4 Å². The first kappa shape index (κ1) is 18.2. The van der Waals surface area contributed by atoms with Crippen molar-refractivity contribution in [2.45, 2.75) is 11.8 Å². The molecule has 1 N–H and O–H groups in total. The average molecular weight is 392 g/mol. The summed E-state index contributed by atoms with van der Waals surface area (Å²) < 4.78 is 30.4. The van der Waals surface area contributed by atoms with E-state index in [0.29, 0.717) is 27.8 Å². The Morgan fingerprint density at radius 3 is 2.46 bits per heavy atom. The third kappa shape index (κ3) is 3.52. The summed E-state index contributed by atoms with van der Waals surface area (Å²) in [7, 11) is -0.630. The van der Waals surface area contributed by atoms with Crippen molar-refractivity contribution < 1.29 is 17.7 Å². The Balaban J connectivity index is 1.81. The lowest BCUT2D eigenvalue weighted by Gasteiger charge is -2.11. The number of aromatic nitrogens is 2. The zero-order valence-electron chi connectivity index (χ0n) is 14.3. The van der Waals surface area contributed by atoms with Crippen LogP contribution in [0.3, 0.4) is 0 Å². The van der Waals surface area contributed by atoms with E-state index in [1.54, 1.807) is 18.4 Å². The van der Waals surface area contributed by atoms with Crippen LogP contribution in [0, 0.1) is 6.92 Å². The summed E-state index contributed by atoms with van der Waals surface area (Å²) in [5.41, 5.74) is 0.972. The van der Waals surface area contributed by atoms with Crippen molar-refractivity contribution >= 4 is 32.3 Å². The molecule has 0 fully saturated rings. The largest absolute Gasteiger partial charge is 0.334 e. The fourth-order valence-electron chi connectivity index (χ4n) is 2.15. The van der Waals surface area contributed by atoms with Crippen LogP contribution >= 0.6 is 11.3 Å². The normalized spacial score (nSPS) is 11.7. The molecule has 3 aromatic rings. The quantitative estimate of drug-likeness (QED) is 0.715. The molecule has 1 amide bonds. The van der Waals surface area contributed by atoms with Gasteiger partial charge in [0.1, 0.15) is 5.00 Å². The molecule has 0 radical (unpaired) electrons. The lowest BCUT2D eigenvalue weighted by molar-refractivity contribution is 0.102. The predicted molar refractivity (Wildman–Crippen MR) is 97.6 cm³/mol. The highest BCUT2D eigenvalue weighted by molar-refractivity contribution is 7.89. The molecule has 0 atom stereocenters. The van der Waals surface area contributed by atoms with Crippen LogP contribution in [-0.4, -0.2) is 42.9 Å². The molecule has 3 rings (SSSR count). The Labute approximate surface area is 154 Å². The Bertz CT molecular complexity index is 1040. The zero-order chi connectivity index (χ0) is 18.9. The molecule has 0 aliphatic heterocycles. The van der Waals surface area contributed by atoms with Gasteiger partial charge in [-0.3, -0.25) is 4.79 Å². The van der Waals surface area contributed by atoms with E-state index in [1.165, 1.54) is 49.7 Å². The molecule has 2 heterocycles. The number of benzene rings is 1. The van der Waals surface area contributed by atoms with Gasteiger partial charge in [0.15, 0.2) is 5.82 Å². The van der Waals surface area contributed by atoms with Gasteiger partial charge in [-0.25, -0.2) is 12.7 Å². The molecule has 0 aliphatic rings. The second kappa shape index (κ2) is 6.98. The van der Waals surface area contributed by atoms with Gasteiger partial charge in [-0.2, -0.15) is 4.98 Å². The molecule has 0 aliphatic carbocycles. The summed E-state index contributed by atoms with van der Waals surface area (Å²) >= 11 is 1.33. The van der Waals surface area contributed by atoms with Crippen molar-refractivity contribution in [1.29, 1.82) is 0 Å². The molecular formula is C16H16N4O4S2. The van der Waals surface area contributed by atoms with Crippen molar-refractivity contribution in [2.75, 3.05) is 19.4 Å². The molecule has 1 aromatic carbocycles. The maximum absolute atomic E-state index is 12.5. The minimum atomic E-state index is -3.53. The van der Waals surface area contributed by atoms with Crippen molar-refractivity contribution in [3.8, 4) is 11.5 Å². The topological polar surface area (TPSA) is 105 Å². The van der Waals surface area contributed by atoms with Gasteiger partial charge in [-0.15, -0.1) is 11.3 Å². The lowest BCUT2D eigenvalue weighted by Crippen LogP contribution is -2.22. The molecule has 0 bridgehead atoms. The van der Waals surface area contributed by atoms with Gasteiger partial charge in [-0.05, 0) is 42.6 Å². The van der Waals surface area contributed by atoms with Crippen LogP contribution in [0.15, 0.2) is 45.1 Å². The van der Waals surface area contributed by atoms with E-state index in [4.69, 9.17) is 4.52 Å². The number of nitrogens with one attached hydrogen (secondary N) is 1. The van der Waals surface area contributed by atoms with Crippen molar-refractivity contribution in [2.24, 2.45) is 0 Å². The maximum Gasteiger partial charge on any atom is 0.260 e. The second-order valence-corrected chi connectivity index (χ2v) is 8.64. The van der Waals surface area contributed by atoms with E-state index in [2.05, 4.69) is 15.5 Å². The smallest absolute Gasteiger partial charge is 0.260 e. The van der Waals surface area contributed by atoms with Crippen molar-refractivity contribution in [3.05, 3.63) is 47.1 Å². The molecule has 0 spiro atoms. The minimum absolute atomic E-state index is 0.122. The number of anilines is 1. The first-order chi connectivity index (χ1) is 12.3. The predicted octanol–water partition coefficient (Wildman–Crippen LogP) is 2.61. The zero-order valence-corrected chi connectivity index (χ0v) is 15.9. The van der Waals surface area contributed by atoms with Gasteiger partial charge >= 0.3 is 0 Å². The number of amides is 1. The summed E-state index contributed by atoms with van der Waals surface area (Å²) in [4.78, 5) is 16.7. The second-order valence-electron chi connectivity index (χ2n) is 5.58. The third-order valence-electron chi connectivity index (χ3n) is 3.55. The highest BCUT2D eigenvalue weighted by atomic mass is 32.2. The standard InChI is InChI=1S/C16H16N4O4S2/c1-10-17-15(24-19-10)13-8-9-25-16(13)18-14(21)11-4-6-12(7-5-11)26(22,23)20(2)3/h4-9H,1-3H3,(H,18,21). The number of thiophene rings is 1. The highest BCUT2D eigenvalue weighted by Gasteiger charge is 2.19. The summed E-state index contributed by atoms with van der Waals surface area (Å²) in [6, 6.07) is 7.52. The molecule has 10 heteroatoms. The fraction of sp³-hybridized carbons (Fsp3) is 0.188. The number of rotatable bonds is 5. The summed E-state index contributed by atoms with van der Waals surface area (Å²) in [5, 5.41) is 8.91. The fourth-order valence-corrected chi connectivity index (χ4v) is 3.82. The Kier molecular flexibility index (Phi) is 4.90. The van der Waals surface area contributed by atoms with Gasteiger partial charge in [0.05, 0.1) is 10.5 Å². The first-order valence-corrected chi connectivity index (χ1v) is 9.83. The molecule has 0 saturated heterocycles. The molecular weight excluding hydrogens is 376 g/mol. The van der Waals surface area contributed by atoms with Gasteiger partial charge in [0.2, 0.25) is 10.0 Å². The van der Waals surface area contributed by atoms with Crippen LogP contribution < -0.4 is 5.32 Å². The number of nitrogens with zero attached hydrogens (tertiary/aromatic N) is 3. The summed E-state index contributed by atoms with van der Waals surface area (Å²) in [5.74, 6) is 0.464. The van der Waals surface area contributed by atoms with E-state index >= 15 is 0 Å². The molecule has 136 valence electrons. The van der Waals surface area contributed by atoms with E-state index in [9.17, 15) is 13.2 Å². The summed E-state index contributed by atoms with van der Waals surface area (Å²) in [6.07, 6.45) is 0. The van der Waals surface area contributed by atoms with Crippen LogP contribution in [0.25, 0.3) is 11.5 Å². The van der Waals surface area contributed by atoms with Crippen LogP contribution in [0.2, 0.25) is 0 Å². The van der Waals surface area contributed by atoms with Gasteiger partial charge in [-0.1, -0.05) is 5.16 Å². The SMILES string of the molecule is Cc1noc(-c2ccsc2NC(=O)c2ccc(S(=O)(=O)N(C)C)cc2)n1. The lowest BCUT2D eigenvalue weighted by atomic mass is 10.2. The highest BCUT2D eigenvalue weighted by Crippen LogP contribution is 2.32. The monoisotopic (exact) mass is 392 g/mol. The first-order valence-electron chi connectivity index (χ1n) is 7.51. The van der Waals surface area contributed by atoms with Crippen LogP contribution in [0.1, 0.15) is 16.2 Å². The number of hydrogen-bond acceptors (Lipinski definition) is 7. The molecule has 2 aromatic heterocycles. The molecule has 8 nitrogen and oxygen atoms in total. The Morgan fingerprint density at radius 2 is 1.88 bits per heavy atom. The van der Waals surface area contributed by atoms with E-state index in [0.717, 1.165) is 4.31 Å². The molecule has 0 saturated carbocycles. The van der Waals surface area contributed by atoms with Gasteiger partial charge in [0.25, 0.3) is 11.8 Å². The maximum atomic E-state index is 12.5. The van der Waals surface area contributed by atoms with Crippen LogP contribution in [0.5, 0.6) is 0 Å². The minimum Gasteiger partial charge on any atom is -0.334 e.